The molecule has 6 nitrogen and oxygen atoms in total. The van der Waals surface area contributed by atoms with E-state index in [-0.39, 0.29) is 11.6 Å². The molecule has 0 aliphatic rings. The van der Waals surface area contributed by atoms with Crippen LogP contribution in [-0.2, 0) is 11.8 Å². The van der Waals surface area contributed by atoms with Gasteiger partial charge in [-0.2, -0.15) is 0 Å². The van der Waals surface area contributed by atoms with Crippen LogP contribution in [0.4, 0.5) is 5.13 Å². The van der Waals surface area contributed by atoms with Gasteiger partial charge in [-0.1, -0.05) is 47.7 Å². The van der Waals surface area contributed by atoms with Crippen molar-refractivity contribution < 1.29 is 14.3 Å². The fourth-order valence-electron chi connectivity index (χ4n) is 3.06. The van der Waals surface area contributed by atoms with Crippen LogP contribution in [0, 0.1) is 0 Å². The first-order valence-corrected chi connectivity index (χ1v) is 9.40. The molecule has 0 saturated carbocycles. The van der Waals surface area contributed by atoms with Crippen molar-refractivity contribution in [3.8, 4) is 10.4 Å². The zero-order chi connectivity index (χ0) is 19.7. The van der Waals surface area contributed by atoms with Gasteiger partial charge in [0.15, 0.2) is 10.8 Å². The molecule has 2 aromatic heterocycles. The molecule has 2 heterocycles. The SMILES string of the molecule is COC(=O)c1nc(NC(=O)c2cccc3c2ccn3C)sc1-c1ccccc1. The molecule has 4 aromatic rings. The summed E-state index contributed by atoms with van der Waals surface area (Å²) in [6.45, 7) is 0. The smallest absolute Gasteiger partial charge is 0.358 e. The molecule has 0 unspecified atom stereocenters. The Morgan fingerprint density at radius 2 is 1.86 bits per heavy atom. The van der Waals surface area contributed by atoms with E-state index in [2.05, 4.69) is 10.3 Å². The van der Waals surface area contributed by atoms with E-state index in [0.29, 0.717) is 15.6 Å². The van der Waals surface area contributed by atoms with E-state index in [1.54, 1.807) is 6.07 Å². The third kappa shape index (κ3) is 3.16. The molecule has 0 bridgehead atoms. The van der Waals surface area contributed by atoms with E-state index in [1.165, 1.54) is 18.4 Å². The number of benzene rings is 2. The van der Waals surface area contributed by atoms with Crippen molar-refractivity contribution in [2.45, 2.75) is 0 Å². The molecule has 0 radical (unpaired) electrons. The number of esters is 1. The van der Waals surface area contributed by atoms with Gasteiger partial charge in [-0.25, -0.2) is 9.78 Å². The van der Waals surface area contributed by atoms with E-state index in [4.69, 9.17) is 4.74 Å². The number of fused-ring (bicyclic) bond motifs is 1. The highest BCUT2D eigenvalue weighted by atomic mass is 32.1. The van der Waals surface area contributed by atoms with Crippen molar-refractivity contribution in [2.24, 2.45) is 7.05 Å². The molecule has 28 heavy (non-hydrogen) atoms. The van der Waals surface area contributed by atoms with E-state index in [9.17, 15) is 9.59 Å². The summed E-state index contributed by atoms with van der Waals surface area (Å²) < 4.78 is 6.81. The zero-order valence-corrected chi connectivity index (χ0v) is 16.1. The van der Waals surface area contributed by atoms with Crippen molar-refractivity contribution in [3.05, 3.63) is 72.1 Å². The summed E-state index contributed by atoms with van der Waals surface area (Å²) in [4.78, 5) is 30.0. The quantitative estimate of drug-likeness (QED) is 0.525. The number of rotatable bonds is 4. The van der Waals surface area contributed by atoms with E-state index in [0.717, 1.165) is 16.5 Å². The van der Waals surface area contributed by atoms with Crippen LogP contribution < -0.4 is 5.32 Å². The van der Waals surface area contributed by atoms with Crippen LogP contribution in [0.2, 0.25) is 0 Å². The number of methoxy groups -OCH3 is 1. The van der Waals surface area contributed by atoms with E-state index < -0.39 is 5.97 Å². The van der Waals surface area contributed by atoms with Crippen molar-refractivity contribution in [1.29, 1.82) is 0 Å². The van der Waals surface area contributed by atoms with Gasteiger partial charge in [0.2, 0.25) is 0 Å². The van der Waals surface area contributed by atoms with Crippen LogP contribution in [0.15, 0.2) is 60.8 Å². The van der Waals surface area contributed by atoms with Gasteiger partial charge in [-0.3, -0.25) is 10.1 Å². The fourth-order valence-corrected chi connectivity index (χ4v) is 4.01. The van der Waals surface area contributed by atoms with Crippen molar-refractivity contribution in [2.75, 3.05) is 12.4 Å². The number of aromatic nitrogens is 2. The summed E-state index contributed by atoms with van der Waals surface area (Å²) in [6.07, 6.45) is 1.91. The predicted molar refractivity (Wildman–Crippen MR) is 110 cm³/mol. The fraction of sp³-hybridized carbons (Fsp3) is 0.0952. The Bertz CT molecular complexity index is 1180. The minimum Gasteiger partial charge on any atom is -0.464 e. The molecule has 140 valence electrons. The molecule has 2 aromatic carbocycles. The van der Waals surface area contributed by atoms with Gasteiger partial charge >= 0.3 is 5.97 Å². The monoisotopic (exact) mass is 391 g/mol. The van der Waals surface area contributed by atoms with E-state index >= 15 is 0 Å². The number of nitrogens with zero attached hydrogens (tertiary/aromatic N) is 2. The number of carbonyl (C=O) groups excluding carboxylic acids is 2. The second-order valence-corrected chi connectivity index (χ2v) is 7.17. The Hall–Kier alpha value is -3.45. The molecule has 0 aliphatic heterocycles. The minimum absolute atomic E-state index is 0.187. The average Bonchev–Trinajstić information content (AvgIpc) is 3.32. The Kier molecular flexibility index (Phi) is 4.67. The molecular formula is C21H17N3O3S. The maximum atomic E-state index is 12.9. The minimum atomic E-state index is -0.541. The van der Waals surface area contributed by atoms with Crippen LogP contribution in [0.1, 0.15) is 20.8 Å². The van der Waals surface area contributed by atoms with E-state index in [1.807, 2.05) is 66.3 Å². The third-order valence-electron chi connectivity index (χ3n) is 4.43. The Balaban J connectivity index is 1.71. The average molecular weight is 391 g/mol. The normalized spacial score (nSPS) is 10.8. The number of nitrogens with one attached hydrogen (secondary N) is 1. The number of thiazole rings is 1. The van der Waals surface area contributed by atoms with Crippen LogP contribution in [0.3, 0.4) is 0 Å². The largest absolute Gasteiger partial charge is 0.464 e. The number of hydrogen-bond donors (Lipinski definition) is 1. The number of anilines is 1. The molecular weight excluding hydrogens is 374 g/mol. The first-order valence-electron chi connectivity index (χ1n) is 8.58. The summed E-state index contributed by atoms with van der Waals surface area (Å²) >= 11 is 1.24. The summed E-state index contributed by atoms with van der Waals surface area (Å²) in [7, 11) is 3.24. The highest BCUT2D eigenvalue weighted by Gasteiger charge is 2.22. The number of aryl methyl sites for hydroxylation is 1. The second-order valence-electron chi connectivity index (χ2n) is 6.17. The second kappa shape index (κ2) is 7.28. The van der Waals surface area contributed by atoms with Crippen LogP contribution >= 0.6 is 11.3 Å². The lowest BCUT2D eigenvalue weighted by Gasteiger charge is -2.04. The Morgan fingerprint density at radius 1 is 1.07 bits per heavy atom. The van der Waals surface area contributed by atoms with Crippen LogP contribution in [-0.4, -0.2) is 28.5 Å². The van der Waals surface area contributed by atoms with Gasteiger partial charge in [0.05, 0.1) is 12.0 Å². The highest BCUT2D eigenvalue weighted by molar-refractivity contribution is 7.19. The zero-order valence-electron chi connectivity index (χ0n) is 15.3. The molecule has 1 amide bonds. The van der Waals surface area contributed by atoms with Gasteiger partial charge in [0, 0.05) is 29.7 Å². The van der Waals surface area contributed by atoms with Gasteiger partial charge in [-0.05, 0) is 23.8 Å². The maximum Gasteiger partial charge on any atom is 0.358 e. The number of ether oxygens (including phenoxy) is 1. The first kappa shape index (κ1) is 17.9. The molecule has 1 N–H and O–H groups in total. The molecule has 4 rings (SSSR count). The maximum absolute atomic E-state index is 12.9. The number of carbonyl (C=O) groups is 2. The van der Waals surface area contributed by atoms with Gasteiger partial charge in [0.1, 0.15) is 0 Å². The summed E-state index contributed by atoms with van der Waals surface area (Å²) in [5.74, 6) is -0.817. The van der Waals surface area contributed by atoms with Gasteiger partial charge < -0.3 is 9.30 Å². The lowest BCUT2D eigenvalue weighted by molar-refractivity contribution is 0.0595. The van der Waals surface area contributed by atoms with Gasteiger partial charge in [0.25, 0.3) is 5.91 Å². The van der Waals surface area contributed by atoms with Crippen molar-refractivity contribution >= 4 is 39.2 Å². The lowest BCUT2D eigenvalue weighted by atomic mass is 10.1. The summed E-state index contributed by atoms with van der Waals surface area (Å²) in [5.41, 5.74) is 2.54. The summed E-state index contributed by atoms with van der Waals surface area (Å²) in [5, 5.41) is 4.02. The molecule has 0 saturated heterocycles. The molecule has 0 atom stereocenters. The summed E-state index contributed by atoms with van der Waals surface area (Å²) in [6, 6.07) is 16.9. The Labute approximate surface area is 165 Å². The van der Waals surface area contributed by atoms with Crippen molar-refractivity contribution in [3.63, 3.8) is 0 Å². The molecule has 0 aliphatic carbocycles. The number of amides is 1. The standard InChI is InChI=1S/C21H17N3O3S/c1-24-12-11-14-15(9-6-10-16(14)24)19(25)23-21-22-17(20(26)27-2)18(28-21)13-7-4-3-5-8-13/h3-12H,1-2H3,(H,22,23,25). The highest BCUT2D eigenvalue weighted by Crippen LogP contribution is 2.34. The predicted octanol–water partition coefficient (Wildman–Crippen LogP) is 4.34. The van der Waals surface area contributed by atoms with Gasteiger partial charge in [-0.15, -0.1) is 0 Å². The molecule has 0 spiro atoms. The third-order valence-corrected chi connectivity index (χ3v) is 5.45. The topological polar surface area (TPSA) is 73.2 Å². The van der Waals surface area contributed by atoms with Crippen molar-refractivity contribution in [1.82, 2.24) is 9.55 Å². The lowest BCUT2D eigenvalue weighted by Crippen LogP contribution is -2.12. The van der Waals surface area contributed by atoms with Crippen LogP contribution in [0.25, 0.3) is 21.3 Å². The number of hydrogen-bond acceptors (Lipinski definition) is 5. The molecule has 7 heteroatoms. The van der Waals surface area contributed by atoms with Crippen LogP contribution in [0.5, 0.6) is 0 Å². The first-order chi connectivity index (χ1) is 13.6. The Morgan fingerprint density at radius 3 is 2.61 bits per heavy atom. The molecule has 0 fully saturated rings.